The first-order valence-electron chi connectivity index (χ1n) is 6.63. The van der Waals surface area contributed by atoms with Gasteiger partial charge < -0.3 is 10.1 Å². The van der Waals surface area contributed by atoms with Crippen LogP contribution in [0, 0.1) is 5.82 Å². The average Bonchev–Trinajstić information content (AvgIpc) is 2.89. The van der Waals surface area contributed by atoms with E-state index < -0.39 is 0 Å². The number of nitrogens with zero attached hydrogens (tertiary/aromatic N) is 1. The molecule has 0 aliphatic rings. The van der Waals surface area contributed by atoms with Gasteiger partial charge >= 0.3 is 0 Å². The number of rotatable bonds is 4. The van der Waals surface area contributed by atoms with Gasteiger partial charge in [0.15, 0.2) is 5.13 Å². The van der Waals surface area contributed by atoms with E-state index in [1.54, 1.807) is 19.2 Å². The Morgan fingerprint density at radius 3 is 2.91 bits per heavy atom. The van der Waals surface area contributed by atoms with E-state index in [0.29, 0.717) is 16.4 Å². The van der Waals surface area contributed by atoms with E-state index in [2.05, 4.69) is 10.3 Å². The van der Waals surface area contributed by atoms with Crippen molar-refractivity contribution in [2.45, 2.75) is 6.42 Å². The van der Waals surface area contributed by atoms with Gasteiger partial charge in [-0.3, -0.25) is 4.79 Å². The van der Waals surface area contributed by atoms with Gasteiger partial charge in [0, 0.05) is 0 Å². The highest BCUT2D eigenvalue weighted by Crippen LogP contribution is 2.32. The Kier molecular flexibility index (Phi) is 4.02. The number of methoxy groups -OCH3 is 1. The number of halogens is 1. The van der Waals surface area contributed by atoms with E-state index in [1.807, 2.05) is 18.2 Å². The fourth-order valence-electron chi connectivity index (χ4n) is 2.14. The van der Waals surface area contributed by atoms with Crippen molar-refractivity contribution in [3.63, 3.8) is 0 Å². The third-order valence-electron chi connectivity index (χ3n) is 3.10. The van der Waals surface area contributed by atoms with Gasteiger partial charge in [-0.1, -0.05) is 29.5 Å². The highest BCUT2D eigenvalue weighted by atomic mass is 32.1. The topological polar surface area (TPSA) is 51.2 Å². The van der Waals surface area contributed by atoms with E-state index in [4.69, 9.17) is 4.74 Å². The van der Waals surface area contributed by atoms with Gasteiger partial charge in [0.25, 0.3) is 0 Å². The third-order valence-corrected chi connectivity index (χ3v) is 4.04. The number of hydrogen-bond acceptors (Lipinski definition) is 4. The number of thiazole rings is 1. The molecule has 0 bridgehead atoms. The minimum absolute atomic E-state index is 0.102. The number of carbonyl (C=O) groups is 1. The number of amides is 1. The summed E-state index contributed by atoms with van der Waals surface area (Å²) in [5.41, 5.74) is 1.34. The van der Waals surface area contributed by atoms with Crippen molar-refractivity contribution in [3.05, 3.63) is 53.8 Å². The SMILES string of the molecule is COc1cccc2sc(NC(=O)Cc3cccc(F)c3)nc12. The number of anilines is 1. The standard InChI is InChI=1S/C16H13FN2O2S/c1-21-12-6-3-7-13-15(12)19-16(22-13)18-14(20)9-10-4-2-5-11(17)8-10/h2-8H,9H2,1H3,(H,18,19,20). The van der Waals surface area contributed by atoms with Crippen LogP contribution in [0.2, 0.25) is 0 Å². The summed E-state index contributed by atoms with van der Waals surface area (Å²) < 4.78 is 19.3. The zero-order valence-corrected chi connectivity index (χ0v) is 12.6. The first-order chi connectivity index (χ1) is 10.7. The molecule has 4 nitrogen and oxygen atoms in total. The molecule has 0 fully saturated rings. The van der Waals surface area contributed by atoms with Crippen molar-refractivity contribution >= 4 is 32.6 Å². The van der Waals surface area contributed by atoms with Crippen molar-refractivity contribution in [2.24, 2.45) is 0 Å². The largest absolute Gasteiger partial charge is 0.494 e. The van der Waals surface area contributed by atoms with Crippen molar-refractivity contribution in [3.8, 4) is 5.75 Å². The van der Waals surface area contributed by atoms with Crippen LogP contribution in [0.4, 0.5) is 9.52 Å². The van der Waals surface area contributed by atoms with Crippen molar-refractivity contribution in [1.82, 2.24) is 4.98 Å². The fraction of sp³-hybridized carbons (Fsp3) is 0.125. The summed E-state index contributed by atoms with van der Waals surface area (Å²) in [5, 5.41) is 3.24. The van der Waals surface area contributed by atoms with Crippen molar-refractivity contribution < 1.29 is 13.9 Å². The van der Waals surface area contributed by atoms with E-state index in [1.165, 1.54) is 23.5 Å². The number of hydrogen-bond donors (Lipinski definition) is 1. The molecule has 0 saturated carbocycles. The summed E-state index contributed by atoms with van der Waals surface area (Å²) >= 11 is 1.37. The molecular formula is C16H13FN2O2S. The second-order valence-corrected chi connectivity index (χ2v) is 5.71. The van der Waals surface area contributed by atoms with Gasteiger partial charge in [0.05, 0.1) is 18.2 Å². The molecule has 0 saturated heterocycles. The molecule has 1 amide bonds. The molecule has 0 atom stereocenters. The number of ether oxygens (including phenoxy) is 1. The van der Waals surface area contributed by atoms with Gasteiger partial charge in [-0.05, 0) is 29.8 Å². The predicted molar refractivity (Wildman–Crippen MR) is 84.9 cm³/mol. The molecule has 22 heavy (non-hydrogen) atoms. The molecule has 1 aromatic heterocycles. The molecule has 6 heteroatoms. The van der Waals surface area contributed by atoms with Crippen LogP contribution in [0.5, 0.6) is 5.75 Å². The Labute approximate surface area is 130 Å². The number of carbonyl (C=O) groups excluding carboxylic acids is 1. The molecule has 112 valence electrons. The zero-order valence-electron chi connectivity index (χ0n) is 11.8. The maximum atomic E-state index is 13.1. The van der Waals surface area contributed by atoms with Crippen LogP contribution in [-0.4, -0.2) is 18.0 Å². The minimum Gasteiger partial charge on any atom is -0.494 e. The summed E-state index contributed by atoms with van der Waals surface area (Å²) in [5.74, 6) is 0.0815. The Balaban J connectivity index is 1.76. The zero-order chi connectivity index (χ0) is 15.5. The summed E-state index contributed by atoms with van der Waals surface area (Å²) in [6.07, 6.45) is 0.102. The summed E-state index contributed by atoms with van der Waals surface area (Å²) in [7, 11) is 1.58. The van der Waals surface area contributed by atoms with Gasteiger partial charge in [-0.15, -0.1) is 0 Å². The Morgan fingerprint density at radius 2 is 2.14 bits per heavy atom. The van der Waals surface area contributed by atoms with Crippen molar-refractivity contribution in [2.75, 3.05) is 12.4 Å². The third kappa shape index (κ3) is 3.07. The van der Waals surface area contributed by atoms with Crippen LogP contribution in [0.15, 0.2) is 42.5 Å². The number of fused-ring (bicyclic) bond motifs is 1. The van der Waals surface area contributed by atoms with Gasteiger partial charge in [0.1, 0.15) is 17.1 Å². The summed E-state index contributed by atoms with van der Waals surface area (Å²) in [4.78, 5) is 16.4. The van der Waals surface area contributed by atoms with E-state index >= 15 is 0 Å². The average molecular weight is 316 g/mol. The molecule has 0 aliphatic carbocycles. The Bertz CT molecular complexity index is 832. The lowest BCUT2D eigenvalue weighted by atomic mass is 10.1. The van der Waals surface area contributed by atoms with E-state index in [-0.39, 0.29) is 18.1 Å². The number of aromatic nitrogens is 1. The maximum absolute atomic E-state index is 13.1. The highest BCUT2D eigenvalue weighted by Gasteiger charge is 2.11. The first kappa shape index (κ1) is 14.5. The van der Waals surface area contributed by atoms with Crippen LogP contribution >= 0.6 is 11.3 Å². The molecule has 0 aliphatic heterocycles. The van der Waals surface area contributed by atoms with Crippen LogP contribution in [-0.2, 0) is 11.2 Å². The molecule has 0 spiro atoms. The number of para-hydroxylation sites is 1. The molecule has 1 heterocycles. The van der Waals surface area contributed by atoms with E-state index in [9.17, 15) is 9.18 Å². The fourth-order valence-corrected chi connectivity index (χ4v) is 3.04. The predicted octanol–water partition coefficient (Wildman–Crippen LogP) is 3.63. The normalized spacial score (nSPS) is 10.6. The van der Waals surface area contributed by atoms with Gasteiger partial charge in [-0.2, -0.15) is 0 Å². The lowest BCUT2D eigenvalue weighted by Gasteiger charge is -2.02. The quantitative estimate of drug-likeness (QED) is 0.800. The lowest BCUT2D eigenvalue weighted by Crippen LogP contribution is -2.14. The molecule has 0 radical (unpaired) electrons. The van der Waals surface area contributed by atoms with Crippen LogP contribution in [0.3, 0.4) is 0 Å². The van der Waals surface area contributed by atoms with E-state index in [0.717, 1.165) is 10.2 Å². The van der Waals surface area contributed by atoms with Crippen LogP contribution < -0.4 is 10.1 Å². The second kappa shape index (κ2) is 6.11. The Morgan fingerprint density at radius 1 is 1.32 bits per heavy atom. The minimum atomic E-state index is -0.352. The smallest absolute Gasteiger partial charge is 0.230 e. The Hall–Kier alpha value is -2.47. The molecule has 0 unspecified atom stereocenters. The highest BCUT2D eigenvalue weighted by molar-refractivity contribution is 7.22. The van der Waals surface area contributed by atoms with Crippen molar-refractivity contribution in [1.29, 1.82) is 0 Å². The molecule has 2 aromatic carbocycles. The monoisotopic (exact) mass is 316 g/mol. The first-order valence-corrected chi connectivity index (χ1v) is 7.45. The summed E-state index contributed by atoms with van der Waals surface area (Å²) in [6, 6.07) is 11.6. The number of benzene rings is 2. The molecular weight excluding hydrogens is 303 g/mol. The van der Waals surface area contributed by atoms with Gasteiger partial charge in [0.2, 0.25) is 5.91 Å². The molecule has 3 rings (SSSR count). The summed E-state index contributed by atoms with van der Waals surface area (Å²) in [6.45, 7) is 0. The van der Waals surface area contributed by atoms with Gasteiger partial charge in [-0.25, -0.2) is 9.37 Å². The molecule has 1 N–H and O–H groups in total. The molecule has 3 aromatic rings. The van der Waals surface area contributed by atoms with Crippen LogP contribution in [0.1, 0.15) is 5.56 Å². The second-order valence-electron chi connectivity index (χ2n) is 4.68. The maximum Gasteiger partial charge on any atom is 0.230 e. The lowest BCUT2D eigenvalue weighted by molar-refractivity contribution is -0.115. The number of nitrogens with one attached hydrogen (secondary N) is 1. The van der Waals surface area contributed by atoms with Crippen LogP contribution in [0.25, 0.3) is 10.2 Å².